The molecule has 1 aromatic rings. The molecule has 29 heavy (non-hydrogen) atoms. The molecular formula is C22H37IN4O2. The summed E-state index contributed by atoms with van der Waals surface area (Å²) in [6.45, 7) is 7.74. The van der Waals surface area contributed by atoms with Crippen molar-refractivity contribution >= 4 is 29.9 Å². The number of fused-ring (bicyclic) bond motifs is 1. The number of ether oxygens (including phenoxy) is 1. The van der Waals surface area contributed by atoms with Crippen LogP contribution in [0, 0.1) is 5.41 Å². The zero-order valence-electron chi connectivity index (χ0n) is 17.8. The van der Waals surface area contributed by atoms with E-state index in [0.29, 0.717) is 12.6 Å². The first-order valence-electron chi connectivity index (χ1n) is 10.6. The normalized spacial score (nSPS) is 23.2. The number of halogens is 1. The van der Waals surface area contributed by atoms with Crippen LogP contribution in [0.15, 0.2) is 29.3 Å². The van der Waals surface area contributed by atoms with Crippen molar-refractivity contribution in [3.05, 3.63) is 35.4 Å². The zero-order valence-corrected chi connectivity index (χ0v) is 20.2. The highest BCUT2D eigenvalue weighted by atomic mass is 127. The fourth-order valence-corrected chi connectivity index (χ4v) is 4.38. The van der Waals surface area contributed by atoms with Crippen molar-refractivity contribution in [3.63, 3.8) is 0 Å². The van der Waals surface area contributed by atoms with Crippen LogP contribution >= 0.6 is 24.0 Å². The van der Waals surface area contributed by atoms with E-state index in [0.717, 1.165) is 64.4 Å². The molecule has 2 unspecified atom stereocenters. The molecule has 164 valence electrons. The number of hydrogen-bond acceptors (Lipinski definition) is 4. The highest BCUT2D eigenvalue weighted by Gasteiger charge is 2.34. The summed E-state index contributed by atoms with van der Waals surface area (Å²) in [7, 11) is 1.82. The third kappa shape index (κ3) is 6.54. The van der Waals surface area contributed by atoms with Crippen molar-refractivity contribution in [3.8, 4) is 0 Å². The molecule has 3 rings (SSSR count). The molecule has 6 nitrogen and oxygen atoms in total. The van der Waals surface area contributed by atoms with Gasteiger partial charge in [0.1, 0.15) is 0 Å². The standard InChI is InChI=1S/C22H36N4O2.HI/c1-3-20(26-11-8-18-6-4-5-7-19(18)15-26)14-24-21(23-2)25-16-22(9-12-27)10-13-28-17-22;/h4-7,20,27H,3,8-17H2,1-2H3,(H2,23,24,25);1H. The minimum absolute atomic E-state index is 0. The number of aliphatic hydroxyl groups excluding tert-OH is 1. The summed E-state index contributed by atoms with van der Waals surface area (Å²) in [5.41, 5.74) is 2.97. The first-order valence-corrected chi connectivity index (χ1v) is 10.6. The van der Waals surface area contributed by atoms with Gasteiger partial charge in [0.25, 0.3) is 0 Å². The molecule has 7 heteroatoms. The number of guanidine groups is 1. The lowest BCUT2D eigenvalue weighted by Gasteiger charge is -2.35. The van der Waals surface area contributed by atoms with E-state index in [4.69, 9.17) is 4.74 Å². The van der Waals surface area contributed by atoms with Crippen LogP contribution in [0.5, 0.6) is 0 Å². The molecule has 1 aromatic carbocycles. The molecule has 0 saturated carbocycles. The van der Waals surface area contributed by atoms with E-state index >= 15 is 0 Å². The summed E-state index contributed by atoms with van der Waals surface area (Å²) in [5, 5.41) is 16.4. The van der Waals surface area contributed by atoms with Crippen molar-refractivity contribution in [2.45, 2.75) is 45.2 Å². The maximum Gasteiger partial charge on any atom is 0.191 e. The van der Waals surface area contributed by atoms with Gasteiger partial charge in [-0.05, 0) is 36.8 Å². The molecule has 2 atom stereocenters. The van der Waals surface area contributed by atoms with Gasteiger partial charge in [-0.15, -0.1) is 24.0 Å². The van der Waals surface area contributed by atoms with Crippen LogP contribution in [0.3, 0.4) is 0 Å². The van der Waals surface area contributed by atoms with Gasteiger partial charge < -0.3 is 20.5 Å². The van der Waals surface area contributed by atoms with Gasteiger partial charge in [0.2, 0.25) is 0 Å². The summed E-state index contributed by atoms with van der Waals surface area (Å²) in [5.74, 6) is 0.833. The summed E-state index contributed by atoms with van der Waals surface area (Å²) in [4.78, 5) is 6.98. The number of rotatable bonds is 8. The molecule has 0 amide bonds. The van der Waals surface area contributed by atoms with Crippen LogP contribution in [-0.4, -0.2) is 68.5 Å². The second-order valence-corrected chi connectivity index (χ2v) is 8.13. The molecular weight excluding hydrogens is 479 g/mol. The first-order chi connectivity index (χ1) is 13.7. The molecule has 0 radical (unpaired) electrons. The highest BCUT2D eigenvalue weighted by Crippen LogP contribution is 2.31. The number of aliphatic imine (C=N–C) groups is 1. The lowest BCUT2D eigenvalue weighted by molar-refractivity contribution is 0.127. The van der Waals surface area contributed by atoms with Crippen molar-refractivity contribution < 1.29 is 9.84 Å². The van der Waals surface area contributed by atoms with Gasteiger partial charge in [-0.1, -0.05) is 31.2 Å². The second-order valence-electron chi connectivity index (χ2n) is 8.13. The Bertz CT molecular complexity index is 649. The second kappa shape index (κ2) is 12.1. The maximum absolute atomic E-state index is 9.40. The van der Waals surface area contributed by atoms with Gasteiger partial charge in [-0.2, -0.15) is 0 Å². The number of aliphatic hydroxyl groups is 1. The lowest BCUT2D eigenvalue weighted by atomic mass is 9.84. The van der Waals surface area contributed by atoms with Crippen molar-refractivity contribution in [2.75, 3.05) is 46.5 Å². The zero-order chi connectivity index (χ0) is 19.8. The minimum Gasteiger partial charge on any atom is -0.396 e. The van der Waals surface area contributed by atoms with E-state index in [1.165, 1.54) is 11.1 Å². The van der Waals surface area contributed by atoms with Crippen molar-refractivity contribution in [1.29, 1.82) is 0 Å². The number of nitrogens with zero attached hydrogens (tertiary/aromatic N) is 2. The van der Waals surface area contributed by atoms with Crippen LogP contribution in [0.2, 0.25) is 0 Å². The van der Waals surface area contributed by atoms with Crippen LogP contribution < -0.4 is 10.6 Å². The summed E-state index contributed by atoms with van der Waals surface area (Å²) in [6, 6.07) is 9.27. The minimum atomic E-state index is 0. The van der Waals surface area contributed by atoms with E-state index in [9.17, 15) is 5.11 Å². The van der Waals surface area contributed by atoms with Crippen LogP contribution in [0.4, 0.5) is 0 Å². The fraction of sp³-hybridized carbons (Fsp3) is 0.682. The van der Waals surface area contributed by atoms with Gasteiger partial charge in [0.05, 0.1) is 6.61 Å². The van der Waals surface area contributed by atoms with Crippen molar-refractivity contribution in [2.24, 2.45) is 10.4 Å². The number of hydrogen-bond donors (Lipinski definition) is 3. The number of nitrogens with one attached hydrogen (secondary N) is 2. The quantitative estimate of drug-likeness (QED) is 0.281. The molecule has 0 aromatic heterocycles. The third-order valence-electron chi connectivity index (χ3n) is 6.33. The summed E-state index contributed by atoms with van der Waals surface area (Å²) in [6.07, 6.45) is 3.99. The average molecular weight is 516 g/mol. The number of benzene rings is 1. The Morgan fingerprint density at radius 3 is 2.76 bits per heavy atom. The van der Waals surface area contributed by atoms with Crippen molar-refractivity contribution in [1.82, 2.24) is 15.5 Å². The summed E-state index contributed by atoms with van der Waals surface area (Å²) >= 11 is 0. The first kappa shape index (κ1) is 24.4. The largest absolute Gasteiger partial charge is 0.396 e. The molecule has 2 heterocycles. The Morgan fingerprint density at radius 1 is 1.31 bits per heavy atom. The van der Waals surface area contributed by atoms with E-state index in [-0.39, 0.29) is 36.0 Å². The molecule has 1 fully saturated rings. The fourth-order valence-electron chi connectivity index (χ4n) is 4.38. The Balaban J connectivity index is 0.00000300. The predicted molar refractivity (Wildman–Crippen MR) is 129 cm³/mol. The highest BCUT2D eigenvalue weighted by molar-refractivity contribution is 14.0. The van der Waals surface area contributed by atoms with Crippen LogP contribution in [-0.2, 0) is 17.7 Å². The van der Waals surface area contributed by atoms with E-state index in [1.807, 2.05) is 7.05 Å². The third-order valence-corrected chi connectivity index (χ3v) is 6.33. The van der Waals surface area contributed by atoms with Crippen LogP contribution in [0.1, 0.15) is 37.3 Å². The molecule has 0 bridgehead atoms. The van der Waals surface area contributed by atoms with Gasteiger partial charge >= 0.3 is 0 Å². The Kier molecular flexibility index (Phi) is 10.1. The molecule has 2 aliphatic heterocycles. The smallest absolute Gasteiger partial charge is 0.191 e. The van der Waals surface area contributed by atoms with Gasteiger partial charge in [-0.3, -0.25) is 9.89 Å². The van der Waals surface area contributed by atoms with E-state index in [1.54, 1.807) is 0 Å². The van der Waals surface area contributed by atoms with E-state index in [2.05, 4.69) is 51.7 Å². The Morgan fingerprint density at radius 2 is 2.10 bits per heavy atom. The van der Waals surface area contributed by atoms with E-state index < -0.39 is 0 Å². The predicted octanol–water partition coefficient (Wildman–Crippen LogP) is 2.40. The van der Waals surface area contributed by atoms with Gasteiger partial charge in [-0.25, -0.2) is 0 Å². The topological polar surface area (TPSA) is 69.1 Å². The van der Waals surface area contributed by atoms with Gasteiger partial charge in [0.15, 0.2) is 5.96 Å². The van der Waals surface area contributed by atoms with Gasteiger partial charge in [0, 0.05) is 57.9 Å². The molecule has 0 spiro atoms. The lowest BCUT2D eigenvalue weighted by Crippen LogP contribution is -2.50. The Labute approximate surface area is 192 Å². The van der Waals surface area contributed by atoms with Crippen LogP contribution in [0.25, 0.3) is 0 Å². The molecule has 3 N–H and O–H groups in total. The average Bonchev–Trinajstić information content (AvgIpc) is 3.19. The maximum atomic E-state index is 9.40. The summed E-state index contributed by atoms with van der Waals surface area (Å²) < 4.78 is 5.58. The SMILES string of the molecule is CCC(CNC(=NC)NCC1(CCO)CCOC1)N1CCc2ccccc2C1.I. The molecule has 1 saturated heterocycles. The monoisotopic (exact) mass is 516 g/mol. The Hall–Kier alpha value is -0.900. The molecule has 0 aliphatic carbocycles. The molecule has 2 aliphatic rings.